The van der Waals surface area contributed by atoms with Crippen LogP contribution in [0.15, 0.2) is 27.9 Å². The zero-order valence-corrected chi connectivity index (χ0v) is 16.6. The molecule has 146 valence electrons. The number of methoxy groups -OCH3 is 1. The molecular formula is C18H21BrN2O6. The Hall–Kier alpha value is -2.26. The number of urea groups is 1. The van der Waals surface area contributed by atoms with Crippen LogP contribution in [0.3, 0.4) is 0 Å². The van der Waals surface area contributed by atoms with Crippen molar-refractivity contribution < 1.29 is 28.9 Å². The molecule has 27 heavy (non-hydrogen) atoms. The quantitative estimate of drug-likeness (QED) is 0.607. The molecule has 2 aliphatic heterocycles. The van der Waals surface area contributed by atoms with Gasteiger partial charge in [-0.1, -0.05) is 0 Å². The van der Waals surface area contributed by atoms with E-state index in [1.54, 1.807) is 19.1 Å². The number of amides is 2. The number of phenols is 1. The van der Waals surface area contributed by atoms with Crippen LogP contribution in [0.25, 0.3) is 0 Å². The molecule has 0 unspecified atom stereocenters. The van der Waals surface area contributed by atoms with Crippen molar-refractivity contribution in [1.29, 1.82) is 0 Å². The second-order valence-electron chi connectivity index (χ2n) is 6.36. The van der Waals surface area contributed by atoms with Crippen molar-refractivity contribution in [2.24, 2.45) is 0 Å². The van der Waals surface area contributed by atoms with Gasteiger partial charge < -0.3 is 30.0 Å². The molecule has 0 spiro atoms. The van der Waals surface area contributed by atoms with E-state index < -0.39 is 18.0 Å². The van der Waals surface area contributed by atoms with E-state index in [-0.39, 0.29) is 29.8 Å². The predicted octanol–water partition coefficient (Wildman–Crippen LogP) is 2.51. The summed E-state index contributed by atoms with van der Waals surface area (Å²) < 4.78 is 16.5. The van der Waals surface area contributed by atoms with E-state index in [4.69, 9.17) is 14.2 Å². The molecule has 2 heterocycles. The Kier molecular flexibility index (Phi) is 5.91. The summed E-state index contributed by atoms with van der Waals surface area (Å²) in [5.41, 5.74) is 1.26. The molecule has 3 rings (SSSR count). The number of hydrogen-bond acceptors (Lipinski definition) is 6. The average molecular weight is 441 g/mol. The predicted molar refractivity (Wildman–Crippen MR) is 99.4 cm³/mol. The van der Waals surface area contributed by atoms with Crippen molar-refractivity contribution in [2.45, 2.75) is 31.9 Å². The van der Waals surface area contributed by atoms with Gasteiger partial charge in [0.15, 0.2) is 11.5 Å². The Bertz CT molecular complexity index is 788. The number of ether oxygens (including phenoxy) is 3. The van der Waals surface area contributed by atoms with Crippen molar-refractivity contribution in [2.75, 3.05) is 20.3 Å². The second-order valence-corrected chi connectivity index (χ2v) is 7.21. The molecule has 1 aromatic rings. The lowest BCUT2D eigenvalue weighted by molar-refractivity contribution is -0.142. The maximum Gasteiger partial charge on any atom is 0.338 e. The van der Waals surface area contributed by atoms with Gasteiger partial charge in [0.05, 0.1) is 29.3 Å². The van der Waals surface area contributed by atoms with Gasteiger partial charge in [0.2, 0.25) is 0 Å². The first kappa shape index (κ1) is 19.5. The summed E-state index contributed by atoms with van der Waals surface area (Å²) in [5.74, 6) is -0.384. The number of carbonyl (C=O) groups excluding carboxylic acids is 2. The normalized spacial score (nSPS) is 22.3. The van der Waals surface area contributed by atoms with Gasteiger partial charge in [0.1, 0.15) is 6.61 Å². The van der Waals surface area contributed by atoms with Gasteiger partial charge in [-0.25, -0.2) is 9.59 Å². The number of nitrogens with one attached hydrogen (secondary N) is 2. The fourth-order valence-electron chi connectivity index (χ4n) is 3.15. The SMILES string of the molecule is COc1cc([C@@H]2NC(=O)NC(C)=C2C(=O)OC[C@H]2CCCO2)cc(Br)c1O. The Morgan fingerprint density at radius 1 is 1.44 bits per heavy atom. The number of benzene rings is 1. The van der Waals surface area contributed by atoms with E-state index in [1.165, 1.54) is 7.11 Å². The first-order valence-corrected chi connectivity index (χ1v) is 9.33. The standard InChI is InChI=1S/C18H21BrN2O6/c1-9-14(17(23)27-8-11-4-3-5-26-11)15(21-18(24)20-9)10-6-12(19)16(22)13(7-10)25-2/h6-7,11,15,22H,3-5,8H2,1-2H3,(H2,20,21,24)/t11-,15+/m1/s1. The summed E-state index contributed by atoms with van der Waals surface area (Å²) in [5, 5.41) is 15.3. The Balaban J connectivity index is 1.89. The molecule has 0 radical (unpaired) electrons. The van der Waals surface area contributed by atoms with Gasteiger partial charge in [-0.3, -0.25) is 0 Å². The smallest absolute Gasteiger partial charge is 0.338 e. The molecule has 2 atom stereocenters. The number of phenolic OH excluding ortho intramolecular Hbond substituents is 1. The van der Waals surface area contributed by atoms with Crippen LogP contribution in [0.4, 0.5) is 4.79 Å². The minimum Gasteiger partial charge on any atom is -0.503 e. The summed E-state index contributed by atoms with van der Waals surface area (Å²) in [6.07, 6.45) is 1.71. The van der Waals surface area contributed by atoms with Crippen LogP contribution in [0.2, 0.25) is 0 Å². The maximum absolute atomic E-state index is 12.7. The van der Waals surface area contributed by atoms with Crippen molar-refractivity contribution in [3.63, 3.8) is 0 Å². The summed E-state index contributed by atoms with van der Waals surface area (Å²) in [4.78, 5) is 24.7. The minimum atomic E-state index is -0.749. The van der Waals surface area contributed by atoms with E-state index in [9.17, 15) is 14.7 Å². The molecule has 0 aliphatic carbocycles. The summed E-state index contributed by atoms with van der Waals surface area (Å²) in [6, 6.07) is 2.00. The van der Waals surface area contributed by atoms with Crippen LogP contribution in [-0.4, -0.2) is 43.5 Å². The molecule has 1 aromatic carbocycles. The number of rotatable bonds is 5. The van der Waals surface area contributed by atoms with E-state index in [0.717, 1.165) is 12.8 Å². The number of aromatic hydroxyl groups is 1. The lowest BCUT2D eigenvalue weighted by atomic mass is 9.95. The van der Waals surface area contributed by atoms with Crippen molar-refractivity contribution in [3.8, 4) is 11.5 Å². The van der Waals surface area contributed by atoms with Gasteiger partial charge in [0, 0.05) is 12.3 Å². The molecule has 0 bridgehead atoms. The highest BCUT2D eigenvalue weighted by Crippen LogP contribution is 2.39. The largest absolute Gasteiger partial charge is 0.503 e. The van der Waals surface area contributed by atoms with Crippen molar-refractivity contribution in [1.82, 2.24) is 10.6 Å². The van der Waals surface area contributed by atoms with Crippen molar-refractivity contribution in [3.05, 3.63) is 33.4 Å². The van der Waals surface area contributed by atoms with E-state index in [2.05, 4.69) is 26.6 Å². The van der Waals surface area contributed by atoms with Gasteiger partial charge in [0.25, 0.3) is 0 Å². The minimum absolute atomic E-state index is 0.0651. The molecule has 2 aliphatic rings. The molecular weight excluding hydrogens is 420 g/mol. The lowest BCUT2D eigenvalue weighted by Gasteiger charge is -2.28. The van der Waals surface area contributed by atoms with E-state index >= 15 is 0 Å². The highest BCUT2D eigenvalue weighted by atomic mass is 79.9. The third-order valence-corrected chi connectivity index (χ3v) is 5.12. The van der Waals surface area contributed by atoms with E-state index in [0.29, 0.717) is 22.3 Å². The third-order valence-electron chi connectivity index (χ3n) is 4.52. The Morgan fingerprint density at radius 2 is 2.22 bits per heavy atom. The van der Waals surface area contributed by atoms with Crippen LogP contribution in [0.1, 0.15) is 31.4 Å². The van der Waals surface area contributed by atoms with Crippen LogP contribution in [0.5, 0.6) is 11.5 Å². The van der Waals surface area contributed by atoms with Crippen LogP contribution >= 0.6 is 15.9 Å². The zero-order chi connectivity index (χ0) is 19.6. The molecule has 8 nitrogen and oxygen atoms in total. The number of allylic oxidation sites excluding steroid dienone is 1. The third kappa shape index (κ3) is 4.19. The number of hydrogen-bond donors (Lipinski definition) is 3. The molecule has 3 N–H and O–H groups in total. The molecule has 1 saturated heterocycles. The number of halogens is 1. The summed E-state index contributed by atoms with van der Waals surface area (Å²) in [6.45, 7) is 2.48. The maximum atomic E-state index is 12.7. The van der Waals surface area contributed by atoms with Crippen LogP contribution < -0.4 is 15.4 Å². The van der Waals surface area contributed by atoms with Crippen LogP contribution in [-0.2, 0) is 14.3 Å². The summed E-state index contributed by atoms with van der Waals surface area (Å²) in [7, 11) is 1.42. The Labute approximate surface area is 165 Å². The average Bonchev–Trinajstić information content (AvgIpc) is 3.14. The molecule has 1 fully saturated rings. The fourth-order valence-corrected chi connectivity index (χ4v) is 3.61. The second kappa shape index (κ2) is 8.18. The topological polar surface area (TPSA) is 106 Å². The molecule has 2 amide bonds. The molecule has 0 aromatic heterocycles. The fraction of sp³-hybridized carbons (Fsp3) is 0.444. The van der Waals surface area contributed by atoms with Gasteiger partial charge in [-0.15, -0.1) is 0 Å². The molecule has 9 heteroatoms. The van der Waals surface area contributed by atoms with E-state index in [1.807, 2.05) is 0 Å². The number of carbonyl (C=O) groups is 2. The van der Waals surface area contributed by atoms with Gasteiger partial charge in [-0.05, 0) is 53.4 Å². The summed E-state index contributed by atoms with van der Waals surface area (Å²) >= 11 is 3.26. The highest BCUT2D eigenvalue weighted by molar-refractivity contribution is 9.10. The lowest BCUT2D eigenvalue weighted by Crippen LogP contribution is -2.45. The van der Waals surface area contributed by atoms with Gasteiger partial charge >= 0.3 is 12.0 Å². The molecule has 0 saturated carbocycles. The highest BCUT2D eigenvalue weighted by Gasteiger charge is 2.33. The monoisotopic (exact) mass is 440 g/mol. The van der Waals surface area contributed by atoms with Crippen molar-refractivity contribution >= 4 is 27.9 Å². The Morgan fingerprint density at radius 3 is 2.89 bits per heavy atom. The van der Waals surface area contributed by atoms with Gasteiger partial charge in [-0.2, -0.15) is 0 Å². The first-order valence-electron chi connectivity index (χ1n) is 8.54. The number of esters is 1. The first-order chi connectivity index (χ1) is 12.9. The zero-order valence-electron chi connectivity index (χ0n) is 15.0. The van der Waals surface area contributed by atoms with Crippen LogP contribution in [0, 0.1) is 0 Å².